The first-order valence-electron chi connectivity index (χ1n) is 8.43. The molecule has 0 saturated heterocycles. The minimum Gasteiger partial charge on any atom is -0.488 e. The van der Waals surface area contributed by atoms with Crippen molar-refractivity contribution in [2.45, 2.75) is 32.8 Å². The van der Waals surface area contributed by atoms with Crippen molar-refractivity contribution in [2.24, 2.45) is 5.73 Å². The molecule has 7 nitrogen and oxygen atoms in total. The molecule has 144 valence electrons. The molecule has 2 heterocycles. The highest BCUT2D eigenvalue weighted by molar-refractivity contribution is 7.11. The Morgan fingerprint density at radius 2 is 2.04 bits per heavy atom. The number of primary amides is 1. The molecule has 0 aliphatic heterocycles. The van der Waals surface area contributed by atoms with Crippen molar-refractivity contribution < 1.29 is 24.2 Å². The molecule has 3 rings (SSSR count). The van der Waals surface area contributed by atoms with Crippen LogP contribution in [0.2, 0.25) is 0 Å². The summed E-state index contributed by atoms with van der Waals surface area (Å²) in [7, 11) is 0. The van der Waals surface area contributed by atoms with Crippen molar-refractivity contribution in [2.75, 3.05) is 13.2 Å². The van der Waals surface area contributed by atoms with E-state index >= 15 is 0 Å². The first kappa shape index (κ1) is 19.3. The number of carbonyl (C=O) groups excluding carboxylic acids is 1. The molecule has 4 N–H and O–H groups in total. The van der Waals surface area contributed by atoms with Crippen molar-refractivity contribution in [3.05, 3.63) is 45.1 Å². The first-order chi connectivity index (χ1) is 12.8. The highest BCUT2D eigenvalue weighted by Gasteiger charge is 2.34. The van der Waals surface area contributed by atoms with Crippen molar-refractivity contribution in [3.63, 3.8) is 0 Å². The van der Waals surface area contributed by atoms with Crippen LogP contribution < -0.4 is 10.5 Å². The van der Waals surface area contributed by atoms with Crippen LogP contribution in [0.4, 0.5) is 0 Å². The predicted octanol–water partition coefficient (Wildman–Crippen LogP) is 2.43. The lowest BCUT2D eigenvalue weighted by molar-refractivity contribution is 0.0999. The number of aryl methyl sites for hydroxylation is 2. The number of nitrogens with two attached hydrogens (primary N) is 1. The standard InChI is InChI=1S/C19H22N2O5S/c1-10-15(18(20)24)16-13(26-10)4-5-14(17(16)19(3,8-22)9-23)25-7-12-6-21-11(2)27-12/h4-6,22-23H,7-9H2,1-3H3,(H2,20,24). The van der Waals surface area contributed by atoms with E-state index in [-0.39, 0.29) is 25.4 Å². The smallest absolute Gasteiger partial charge is 0.252 e. The molecule has 2 aromatic heterocycles. The second-order valence-corrected chi connectivity index (χ2v) is 8.04. The van der Waals surface area contributed by atoms with Crippen LogP contribution in [0.3, 0.4) is 0 Å². The second-order valence-electron chi connectivity index (χ2n) is 6.72. The fraction of sp³-hybridized carbons (Fsp3) is 0.368. The van der Waals surface area contributed by atoms with Crippen molar-refractivity contribution >= 4 is 28.2 Å². The van der Waals surface area contributed by atoms with Crippen molar-refractivity contribution in [1.82, 2.24) is 4.98 Å². The Kier molecular flexibility index (Phi) is 5.23. The number of ether oxygens (including phenoxy) is 1. The third-order valence-corrected chi connectivity index (χ3v) is 5.47. The summed E-state index contributed by atoms with van der Waals surface area (Å²) in [6.07, 6.45) is 1.74. The minimum atomic E-state index is -1.06. The Balaban J connectivity index is 2.20. The number of aliphatic hydroxyl groups excluding tert-OH is 2. The Morgan fingerprint density at radius 3 is 2.59 bits per heavy atom. The van der Waals surface area contributed by atoms with E-state index in [1.165, 1.54) is 11.3 Å². The molecule has 3 aromatic rings. The molecule has 0 unspecified atom stereocenters. The first-order valence-corrected chi connectivity index (χ1v) is 9.24. The van der Waals surface area contributed by atoms with Gasteiger partial charge in [-0.05, 0) is 26.0 Å². The quantitative estimate of drug-likeness (QED) is 0.570. The summed E-state index contributed by atoms with van der Waals surface area (Å²) in [5.41, 5.74) is 5.69. The van der Waals surface area contributed by atoms with E-state index in [1.54, 1.807) is 32.2 Å². The fourth-order valence-corrected chi connectivity index (χ4v) is 3.84. The van der Waals surface area contributed by atoms with Crippen molar-refractivity contribution in [3.8, 4) is 5.75 Å². The largest absolute Gasteiger partial charge is 0.488 e. The van der Waals surface area contributed by atoms with Crippen LogP contribution in [0, 0.1) is 13.8 Å². The number of carbonyl (C=O) groups is 1. The molecule has 0 saturated carbocycles. The van der Waals surface area contributed by atoms with E-state index in [0.29, 0.717) is 28.0 Å². The molecule has 0 bridgehead atoms. The number of fused-ring (bicyclic) bond motifs is 1. The average molecular weight is 390 g/mol. The van der Waals surface area contributed by atoms with Gasteiger partial charge in [0.05, 0.1) is 28.7 Å². The van der Waals surface area contributed by atoms with Crippen molar-refractivity contribution in [1.29, 1.82) is 0 Å². The zero-order valence-corrected chi connectivity index (χ0v) is 16.2. The number of amides is 1. The number of furan rings is 1. The monoisotopic (exact) mass is 390 g/mol. The summed E-state index contributed by atoms with van der Waals surface area (Å²) in [5, 5.41) is 21.3. The van der Waals surface area contributed by atoms with E-state index < -0.39 is 11.3 Å². The molecule has 8 heteroatoms. The SMILES string of the molecule is Cc1ncc(COc2ccc3oc(C)c(C(N)=O)c3c2C(C)(CO)CO)s1. The van der Waals surface area contributed by atoms with Gasteiger partial charge in [-0.3, -0.25) is 4.79 Å². The molecule has 0 aliphatic rings. The number of nitrogens with zero attached hydrogens (tertiary/aromatic N) is 1. The molecule has 0 aliphatic carbocycles. The molecule has 0 radical (unpaired) electrons. The van der Waals surface area contributed by atoms with Crippen LogP contribution in [-0.2, 0) is 12.0 Å². The highest BCUT2D eigenvalue weighted by atomic mass is 32.1. The van der Waals surface area contributed by atoms with Gasteiger partial charge in [-0.25, -0.2) is 4.98 Å². The number of hydrogen-bond acceptors (Lipinski definition) is 7. The summed E-state index contributed by atoms with van der Waals surface area (Å²) >= 11 is 1.52. The normalized spacial score (nSPS) is 11.9. The molecule has 1 amide bonds. The van der Waals surface area contributed by atoms with Crippen LogP contribution in [-0.4, -0.2) is 34.3 Å². The lowest BCUT2D eigenvalue weighted by Gasteiger charge is -2.28. The molecule has 0 atom stereocenters. The maximum Gasteiger partial charge on any atom is 0.252 e. The number of thiazole rings is 1. The van der Waals surface area contributed by atoms with Crippen LogP contribution in [0.15, 0.2) is 22.7 Å². The highest BCUT2D eigenvalue weighted by Crippen LogP contribution is 2.41. The summed E-state index contributed by atoms with van der Waals surface area (Å²) < 4.78 is 11.7. The second kappa shape index (κ2) is 7.30. The van der Waals surface area contributed by atoms with Crippen LogP contribution >= 0.6 is 11.3 Å². The summed E-state index contributed by atoms with van der Waals surface area (Å²) in [4.78, 5) is 17.2. The molecule has 0 spiro atoms. The Labute approximate surface area is 160 Å². The third kappa shape index (κ3) is 3.43. The zero-order valence-electron chi connectivity index (χ0n) is 15.4. The molecule has 1 aromatic carbocycles. The lowest BCUT2D eigenvalue weighted by Crippen LogP contribution is -2.32. The van der Waals surface area contributed by atoms with E-state index in [1.807, 2.05) is 6.92 Å². The van der Waals surface area contributed by atoms with E-state index in [4.69, 9.17) is 14.9 Å². The zero-order chi connectivity index (χ0) is 19.8. The van der Waals surface area contributed by atoms with E-state index in [9.17, 15) is 15.0 Å². The Bertz CT molecular complexity index is 988. The van der Waals surface area contributed by atoms with Gasteiger partial charge in [-0.15, -0.1) is 11.3 Å². The van der Waals surface area contributed by atoms with Gasteiger partial charge < -0.3 is 25.1 Å². The topological polar surface area (TPSA) is 119 Å². The van der Waals surface area contributed by atoms with Crippen LogP contribution in [0.25, 0.3) is 11.0 Å². The van der Waals surface area contributed by atoms with Crippen LogP contribution in [0.1, 0.15) is 38.5 Å². The molecular weight excluding hydrogens is 368 g/mol. The lowest BCUT2D eigenvalue weighted by atomic mass is 9.80. The van der Waals surface area contributed by atoms with Gasteiger partial charge in [0.1, 0.15) is 23.7 Å². The minimum absolute atomic E-state index is 0.229. The fourth-order valence-electron chi connectivity index (χ4n) is 3.13. The number of hydrogen-bond donors (Lipinski definition) is 3. The number of aliphatic hydroxyl groups is 2. The number of benzene rings is 1. The average Bonchev–Trinajstić information content (AvgIpc) is 3.20. The van der Waals surface area contributed by atoms with Gasteiger partial charge in [0.2, 0.25) is 0 Å². The molecular formula is C19H22N2O5S. The van der Waals surface area contributed by atoms with Gasteiger partial charge in [-0.2, -0.15) is 0 Å². The summed E-state index contributed by atoms with van der Waals surface area (Å²) in [5.74, 6) is 0.190. The maximum absolute atomic E-state index is 12.0. The summed E-state index contributed by atoms with van der Waals surface area (Å²) in [6.45, 7) is 4.84. The van der Waals surface area contributed by atoms with E-state index in [2.05, 4.69) is 4.98 Å². The van der Waals surface area contributed by atoms with Gasteiger partial charge in [0, 0.05) is 22.6 Å². The molecule has 0 fully saturated rings. The Morgan fingerprint density at radius 1 is 1.33 bits per heavy atom. The predicted molar refractivity (Wildman–Crippen MR) is 102 cm³/mol. The van der Waals surface area contributed by atoms with Gasteiger partial charge in [-0.1, -0.05) is 6.92 Å². The Hall–Kier alpha value is -2.42. The summed E-state index contributed by atoms with van der Waals surface area (Å²) in [6, 6.07) is 3.41. The van der Waals surface area contributed by atoms with Crippen LogP contribution in [0.5, 0.6) is 5.75 Å². The molecule has 27 heavy (non-hydrogen) atoms. The number of rotatable bonds is 7. The van der Waals surface area contributed by atoms with E-state index in [0.717, 1.165) is 9.88 Å². The third-order valence-electron chi connectivity index (χ3n) is 4.58. The van der Waals surface area contributed by atoms with Gasteiger partial charge >= 0.3 is 0 Å². The maximum atomic E-state index is 12.0. The number of aromatic nitrogens is 1. The van der Waals surface area contributed by atoms with Gasteiger partial charge in [0.25, 0.3) is 5.91 Å². The van der Waals surface area contributed by atoms with Gasteiger partial charge in [0.15, 0.2) is 0 Å².